The minimum absolute atomic E-state index is 0.0675. The van der Waals surface area contributed by atoms with Gasteiger partial charge in [-0.3, -0.25) is 9.48 Å². The Kier molecular flexibility index (Phi) is 4.29. The van der Waals surface area contributed by atoms with Crippen molar-refractivity contribution in [3.63, 3.8) is 0 Å². The van der Waals surface area contributed by atoms with Crippen molar-refractivity contribution in [2.45, 2.75) is 19.6 Å². The van der Waals surface area contributed by atoms with Gasteiger partial charge in [0.1, 0.15) is 12.4 Å². The summed E-state index contributed by atoms with van der Waals surface area (Å²) in [6.45, 7) is 0.415. The van der Waals surface area contributed by atoms with Crippen LogP contribution in [0.5, 0.6) is 6.01 Å². The van der Waals surface area contributed by atoms with E-state index < -0.39 is 18.6 Å². The van der Waals surface area contributed by atoms with Crippen LogP contribution >= 0.6 is 0 Å². The molecule has 0 fully saturated rings. The van der Waals surface area contributed by atoms with Crippen molar-refractivity contribution in [2.75, 3.05) is 12.4 Å². The number of aryl methyl sites for hydroxylation is 1. The molecule has 0 aromatic carbocycles. The monoisotopic (exact) mass is 315 g/mol. The Morgan fingerprint density at radius 1 is 1.41 bits per heavy atom. The number of rotatable bonds is 4. The SMILES string of the molecule is COc1nc(C)cc(NC(=O)c2ccn(CC(F)(F)F)n2)n1. The van der Waals surface area contributed by atoms with Crippen LogP contribution in [0.25, 0.3) is 0 Å². The summed E-state index contributed by atoms with van der Waals surface area (Å²) in [7, 11) is 1.37. The maximum absolute atomic E-state index is 12.2. The number of nitrogens with one attached hydrogen (secondary N) is 1. The maximum atomic E-state index is 12.2. The van der Waals surface area contributed by atoms with Gasteiger partial charge in [-0.1, -0.05) is 0 Å². The smallest absolute Gasteiger partial charge is 0.408 e. The summed E-state index contributed by atoms with van der Waals surface area (Å²) < 4.78 is 42.2. The summed E-state index contributed by atoms with van der Waals surface area (Å²) in [5, 5.41) is 5.99. The molecule has 0 aliphatic carbocycles. The van der Waals surface area contributed by atoms with Crippen LogP contribution in [-0.4, -0.2) is 38.9 Å². The van der Waals surface area contributed by atoms with Crippen molar-refractivity contribution in [3.8, 4) is 6.01 Å². The highest BCUT2D eigenvalue weighted by atomic mass is 19.4. The lowest BCUT2D eigenvalue weighted by atomic mass is 10.4. The predicted octanol–water partition coefficient (Wildman–Crippen LogP) is 1.80. The summed E-state index contributed by atoms with van der Waals surface area (Å²) in [6.07, 6.45) is -3.33. The number of halogens is 3. The molecule has 0 spiro atoms. The van der Waals surface area contributed by atoms with Crippen molar-refractivity contribution < 1.29 is 22.7 Å². The van der Waals surface area contributed by atoms with Gasteiger partial charge in [0, 0.05) is 18.0 Å². The van der Waals surface area contributed by atoms with E-state index in [9.17, 15) is 18.0 Å². The number of anilines is 1. The molecule has 0 saturated heterocycles. The Balaban J connectivity index is 2.11. The van der Waals surface area contributed by atoms with E-state index in [2.05, 4.69) is 20.4 Å². The number of carbonyl (C=O) groups excluding carboxylic acids is 1. The second-order valence-corrected chi connectivity index (χ2v) is 4.35. The fourth-order valence-electron chi connectivity index (χ4n) is 1.63. The highest BCUT2D eigenvalue weighted by Gasteiger charge is 2.28. The highest BCUT2D eigenvalue weighted by molar-refractivity contribution is 6.02. The molecule has 10 heteroatoms. The van der Waals surface area contributed by atoms with E-state index in [-0.39, 0.29) is 17.5 Å². The largest absolute Gasteiger partial charge is 0.467 e. The highest BCUT2D eigenvalue weighted by Crippen LogP contribution is 2.17. The van der Waals surface area contributed by atoms with Gasteiger partial charge in [0.25, 0.3) is 5.91 Å². The summed E-state index contributed by atoms with van der Waals surface area (Å²) in [4.78, 5) is 19.8. The quantitative estimate of drug-likeness (QED) is 0.930. The van der Waals surface area contributed by atoms with Gasteiger partial charge in [0.15, 0.2) is 5.69 Å². The molecule has 1 N–H and O–H groups in total. The Hall–Kier alpha value is -2.65. The van der Waals surface area contributed by atoms with Gasteiger partial charge in [-0.05, 0) is 13.0 Å². The Labute approximate surface area is 123 Å². The van der Waals surface area contributed by atoms with Gasteiger partial charge in [-0.25, -0.2) is 4.98 Å². The van der Waals surface area contributed by atoms with Gasteiger partial charge in [-0.2, -0.15) is 23.3 Å². The molecule has 2 heterocycles. The third kappa shape index (κ3) is 4.17. The number of methoxy groups -OCH3 is 1. The second kappa shape index (κ2) is 6.00. The third-order valence-electron chi connectivity index (χ3n) is 2.47. The van der Waals surface area contributed by atoms with Gasteiger partial charge >= 0.3 is 12.2 Å². The zero-order chi connectivity index (χ0) is 16.3. The first-order valence-electron chi connectivity index (χ1n) is 6.08. The minimum Gasteiger partial charge on any atom is -0.467 e. The lowest BCUT2D eigenvalue weighted by Crippen LogP contribution is -2.19. The average Bonchev–Trinajstić information content (AvgIpc) is 2.84. The van der Waals surface area contributed by atoms with Gasteiger partial charge in [-0.15, -0.1) is 0 Å². The number of ether oxygens (including phenoxy) is 1. The van der Waals surface area contributed by atoms with Crippen LogP contribution in [0.15, 0.2) is 18.3 Å². The van der Waals surface area contributed by atoms with E-state index in [4.69, 9.17) is 4.74 Å². The number of nitrogens with zero attached hydrogens (tertiary/aromatic N) is 4. The van der Waals surface area contributed by atoms with E-state index >= 15 is 0 Å². The molecule has 2 rings (SSSR count). The molecule has 0 aliphatic heterocycles. The number of aromatic nitrogens is 4. The van der Waals surface area contributed by atoms with Crippen molar-refractivity contribution in [2.24, 2.45) is 0 Å². The van der Waals surface area contributed by atoms with Gasteiger partial charge in [0.05, 0.1) is 7.11 Å². The fourth-order valence-corrected chi connectivity index (χ4v) is 1.63. The van der Waals surface area contributed by atoms with Crippen LogP contribution in [0, 0.1) is 6.92 Å². The van der Waals surface area contributed by atoms with Crippen molar-refractivity contribution >= 4 is 11.7 Å². The average molecular weight is 315 g/mol. The normalized spacial score (nSPS) is 11.3. The summed E-state index contributed by atoms with van der Waals surface area (Å²) in [5.74, 6) is -0.513. The molecule has 1 amide bonds. The molecule has 0 atom stereocenters. The fraction of sp³-hybridized carbons (Fsp3) is 0.333. The van der Waals surface area contributed by atoms with E-state index in [1.807, 2.05) is 0 Å². The lowest BCUT2D eigenvalue weighted by molar-refractivity contribution is -0.142. The van der Waals surface area contributed by atoms with E-state index in [0.717, 1.165) is 6.20 Å². The molecule has 0 aliphatic rings. The molecule has 7 nitrogen and oxygen atoms in total. The molecule has 0 radical (unpaired) electrons. The zero-order valence-corrected chi connectivity index (χ0v) is 11.7. The molecule has 0 saturated carbocycles. The summed E-state index contributed by atoms with van der Waals surface area (Å²) in [5.41, 5.74) is 0.407. The van der Waals surface area contributed by atoms with Crippen molar-refractivity contribution in [3.05, 3.63) is 29.7 Å². The number of amides is 1. The van der Waals surface area contributed by atoms with Crippen LogP contribution in [0.1, 0.15) is 16.2 Å². The summed E-state index contributed by atoms with van der Waals surface area (Å²) >= 11 is 0. The minimum atomic E-state index is -4.41. The Morgan fingerprint density at radius 2 is 2.14 bits per heavy atom. The number of carbonyl (C=O) groups is 1. The van der Waals surface area contributed by atoms with Crippen molar-refractivity contribution in [1.29, 1.82) is 0 Å². The molecule has 2 aromatic heterocycles. The Bertz CT molecular complexity index is 684. The zero-order valence-electron chi connectivity index (χ0n) is 11.7. The van der Waals surface area contributed by atoms with Crippen LogP contribution in [0.3, 0.4) is 0 Å². The molecule has 22 heavy (non-hydrogen) atoms. The van der Waals surface area contributed by atoms with Crippen molar-refractivity contribution in [1.82, 2.24) is 19.7 Å². The number of alkyl halides is 3. The lowest BCUT2D eigenvalue weighted by Gasteiger charge is -2.06. The standard InChI is InChI=1S/C12H12F3N5O2/c1-7-5-9(18-11(16-7)22-2)17-10(21)8-3-4-20(19-8)6-12(13,14)15/h3-5H,6H2,1-2H3,(H,16,17,18,21). The first-order chi connectivity index (χ1) is 10.3. The number of hydrogen-bond acceptors (Lipinski definition) is 5. The molecular formula is C12H12F3N5O2. The van der Waals surface area contributed by atoms with Crippen LogP contribution in [0.2, 0.25) is 0 Å². The first kappa shape index (κ1) is 15.7. The molecule has 0 bridgehead atoms. The summed E-state index contributed by atoms with van der Waals surface area (Å²) in [6, 6.07) is 2.75. The third-order valence-corrected chi connectivity index (χ3v) is 2.47. The van der Waals surface area contributed by atoms with Gasteiger partial charge in [0.2, 0.25) is 0 Å². The van der Waals surface area contributed by atoms with Crippen LogP contribution in [-0.2, 0) is 6.54 Å². The second-order valence-electron chi connectivity index (χ2n) is 4.35. The number of hydrogen-bond donors (Lipinski definition) is 1. The van der Waals surface area contributed by atoms with Crippen LogP contribution < -0.4 is 10.1 Å². The molecule has 2 aromatic rings. The molecule has 118 valence electrons. The van der Waals surface area contributed by atoms with E-state index in [1.54, 1.807) is 6.92 Å². The Morgan fingerprint density at radius 3 is 2.77 bits per heavy atom. The molecular weight excluding hydrogens is 303 g/mol. The first-order valence-corrected chi connectivity index (χ1v) is 6.08. The van der Waals surface area contributed by atoms with Crippen LogP contribution in [0.4, 0.5) is 19.0 Å². The topological polar surface area (TPSA) is 81.9 Å². The predicted molar refractivity (Wildman–Crippen MR) is 69.6 cm³/mol. The van der Waals surface area contributed by atoms with E-state index in [1.165, 1.54) is 19.2 Å². The van der Waals surface area contributed by atoms with E-state index in [0.29, 0.717) is 10.4 Å². The molecule has 0 unspecified atom stereocenters. The van der Waals surface area contributed by atoms with Gasteiger partial charge < -0.3 is 10.1 Å². The maximum Gasteiger partial charge on any atom is 0.408 e.